The van der Waals surface area contributed by atoms with Crippen LogP contribution in [0.3, 0.4) is 0 Å². The monoisotopic (exact) mass is 414 g/mol. The zero-order valence-electron chi connectivity index (χ0n) is 19.5. The van der Waals surface area contributed by atoms with Crippen LogP contribution in [0, 0.1) is 13.8 Å². The van der Waals surface area contributed by atoms with Crippen LogP contribution in [0.5, 0.6) is 5.75 Å². The molecule has 0 atom stereocenters. The van der Waals surface area contributed by atoms with Crippen LogP contribution < -0.4 is 5.73 Å². The highest BCUT2D eigenvalue weighted by molar-refractivity contribution is 5.83. The van der Waals surface area contributed by atoms with Gasteiger partial charge in [0.15, 0.2) is 0 Å². The van der Waals surface area contributed by atoms with Gasteiger partial charge in [-0.15, -0.1) is 0 Å². The lowest BCUT2D eigenvalue weighted by Gasteiger charge is -2.17. The van der Waals surface area contributed by atoms with Crippen LogP contribution in [-0.2, 0) is 6.42 Å². The Morgan fingerprint density at radius 1 is 0.839 bits per heavy atom. The Labute approximate surface area is 186 Å². The second kappa shape index (κ2) is 9.38. The fraction of sp³-hybridized carbons (Fsp3) is 0.321. The maximum absolute atomic E-state index is 9.48. The van der Waals surface area contributed by atoms with Crippen molar-refractivity contribution in [3.8, 4) is 5.75 Å². The summed E-state index contributed by atoms with van der Waals surface area (Å²) in [4.78, 5) is 4.81. The third-order valence-electron chi connectivity index (χ3n) is 5.76. The summed E-state index contributed by atoms with van der Waals surface area (Å²) < 4.78 is 0. The Bertz CT molecular complexity index is 1090. The Morgan fingerprint density at radius 2 is 1.39 bits per heavy atom. The van der Waals surface area contributed by atoms with E-state index in [4.69, 9.17) is 10.7 Å². The number of nitrogens with two attached hydrogens (primary N) is 1. The summed E-state index contributed by atoms with van der Waals surface area (Å²) in [5.74, 6) is 1.03. The fourth-order valence-electron chi connectivity index (χ4n) is 4.02. The first-order chi connectivity index (χ1) is 14.7. The number of benzene rings is 3. The molecule has 3 aromatic rings. The molecule has 162 valence electrons. The van der Waals surface area contributed by atoms with E-state index in [-0.39, 0.29) is 5.75 Å². The molecule has 0 heterocycles. The van der Waals surface area contributed by atoms with Crippen molar-refractivity contribution in [1.82, 2.24) is 0 Å². The van der Waals surface area contributed by atoms with Gasteiger partial charge in [-0.3, -0.25) is 4.99 Å². The van der Waals surface area contributed by atoms with Gasteiger partial charge in [0, 0.05) is 11.9 Å². The molecule has 0 spiro atoms. The molecule has 3 heteroatoms. The molecule has 0 unspecified atom stereocenters. The molecule has 3 rings (SSSR count). The van der Waals surface area contributed by atoms with Gasteiger partial charge < -0.3 is 10.8 Å². The highest BCUT2D eigenvalue weighted by Crippen LogP contribution is 2.33. The van der Waals surface area contributed by atoms with Crippen LogP contribution in [0.1, 0.15) is 78.5 Å². The average molecular weight is 415 g/mol. The number of hydrogen-bond acceptors (Lipinski definition) is 3. The molecule has 0 saturated carbocycles. The minimum Gasteiger partial charge on any atom is -0.508 e. The van der Waals surface area contributed by atoms with E-state index in [9.17, 15) is 5.11 Å². The van der Waals surface area contributed by atoms with Gasteiger partial charge in [0.1, 0.15) is 5.75 Å². The quantitative estimate of drug-likeness (QED) is 0.331. The Kier molecular flexibility index (Phi) is 6.84. The molecule has 3 aromatic carbocycles. The predicted molar refractivity (Wildman–Crippen MR) is 133 cm³/mol. The summed E-state index contributed by atoms with van der Waals surface area (Å²) in [5.41, 5.74) is 16.6. The Balaban J connectivity index is 1.96. The van der Waals surface area contributed by atoms with Gasteiger partial charge in [0.25, 0.3) is 0 Å². The third-order valence-corrected chi connectivity index (χ3v) is 5.76. The summed E-state index contributed by atoms with van der Waals surface area (Å²) in [6, 6.07) is 16.1. The highest BCUT2D eigenvalue weighted by Gasteiger charge is 2.13. The lowest BCUT2D eigenvalue weighted by Crippen LogP contribution is -2.02. The molecule has 0 radical (unpaired) electrons. The SMILES string of the molecule is Cc1cc(Cc2cc(C)c(/N=C/c3ccc(O)cc3)c(C(C)C)c2)cc(C(C)C)c1N. The van der Waals surface area contributed by atoms with E-state index in [0.29, 0.717) is 11.8 Å². The van der Waals surface area contributed by atoms with E-state index in [1.165, 1.54) is 27.8 Å². The average Bonchev–Trinajstić information content (AvgIpc) is 2.70. The van der Waals surface area contributed by atoms with Gasteiger partial charge in [0.05, 0.1) is 5.69 Å². The van der Waals surface area contributed by atoms with Gasteiger partial charge in [-0.2, -0.15) is 0 Å². The van der Waals surface area contributed by atoms with Crippen molar-refractivity contribution in [2.24, 2.45) is 4.99 Å². The lowest BCUT2D eigenvalue weighted by atomic mass is 9.90. The fourth-order valence-corrected chi connectivity index (χ4v) is 4.02. The molecule has 0 aliphatic rings. The highest BCUT2D eigenvalue weighted by atomic mass is 16.3. The summed E-state index contributed by atoms with van der Waals surface area (Å²) in [7, 11) is 0. The number of nitrogen functional groups attached to an aromatic ring is 1. The minimum absolute atomic E-state index is 0.263. The summed E-state index contributed by atoms with van der Waals surface area (Å²) in [6.07, 6.45) is 2.74. The van der Waals surface area contributed by atoms with E-state index in [1.54, 1.807) is 12.1 Å². The minimum atomic E-state index is 0.263. The van der Waals surface area contributed by atoms with Crippen molar-refractivity contribution in [3.05, 3.63) is 87.5 Å². The Morgan fingerprint density at radius 3 is 1.97 bits per heavy atom. The molecule has 3 N–H and O–H groups in total. The molecule has 0 aliphatic carbocycles. The van der Waals surface area contributed by atoms with Crippen molar-refractivity contribution in [2.75, 3.05) is 5.73 Å². The molecule has 0 aromatic heterocycles. The largest absolute Gasteiger partial charge is 0.508 e. The second-order valence-electron chi connectivity index (χ2n) is 9.10. The van der Waals surface area contributed by atoms with Gasteiger partial charge >= 0.3 is 0 Å². The van der Waals surface area contributed by atoms with Gasteiger partial charge in [0.2, 0.25) is 0 Å². The number of phenolic OH excluding ortho intramolecular Hbond substituents is 1. The Hall–Kier alpha value is -3.07. The van der Waals surface area contributed by atoms with Crippen LogP contribution in [0.2, 0.25) is 0 Å². The van der Waals surface area contributed by atoms with Crippen molar-refractivity contribution < 1.29 is 5.11 Å². The smallest absolute Gasteiger partial charge is 0.115 e. The van der Waals surface area contributed by atoms with E-state index < -0.39 is 0 Å². The molecule has 0 aliphatic heterocycles. The van der Waals surface area contributed by atoms with E-state index >= 15 is 0 Å². The molecule has 0 amide bonds. The first kappa shape index (κ1) is 22.6. The molecule has 0 fully saturated rings. The van der Waals surface area contributed by atoms with Crippen molar-refractivity contribution in [1.29, 1.82) is 0 Å². The third kappa shape index (κ3) is 5.35. The number of phenols is 1. The van der Waals surface area contributed by atoms with E-state index in [2.05, 4.69) is 65.8 Å². The van der Waals surface area contributed by atoms with Crippen molar-refractivity contribution in [3.63, 3.8) is 0 Å². The second-order valence-corrected chi connectivity index (χ2v) is 9.10. The number of aryl methyl sites for hydroxylation is 2. The number of hydrogen-bond donors (Lipinski definition) is 2. The van der Waals surface area contributed by atoms with E-state index in [1.807, 2.05) is 18.3 Å². The maximum atomic E-state index is 9.48. The van der Waals surface area contributed by atoms with Crippen LogP contribution in [0.4, 0.5) is 11.4 Å². The summed E-state index contributed by atoms with van der Waals surface area (Å²) in [6.45, 7) is 13.0. The molecule has 0 bridgehead atoms. The zero-order chi connectivity index (χ0) is 22.7. The van der Waals surface area contributed by atoms with Crippen molar-refractivity contribution in [2.45, 2.75) is 59.8 Å². The molecule has 31 heavy (non-hydrogen) atoms. The first-order valence-electron chi connectivity index (χ1n) is 11.0. The van der Waals surface area contributed by atoms with E-state index in [0.717, 1.165) is 28.9 Å². The summed E-state index contributed by atoms with van der Waals surface area (Å²) in [5, 5.41) is 9.48. The van der Waals surface area contributed by atoms with Crippen LogP contribution in [0.25, 0.3) is 0 Å². The molecular weight excluding hydrogens is 380 g/mol. The maximum Gasteiger partial charge on any atom is 0.115 e. The van der Waals surface area contributed by atoms with Gasteiger partial charge in [-0.05, 0) is 95.3 Å². The van der Waals surface area contributed by atoms with Gasteiger partial charge in [-0.1, -0.05) is 52.0 Å². The number of anilines is 1. The van der Waals surface area contributed by atoms with Crippen LogP contribution in [0.15, 0.2) is 53.5 Å². The standard InChI is InChI=1S/C28H34N2O/c1-17(2)25-14-22(11-19(5)27(25)29)13-23-12-20(6)28(26(15-23)18(3)4)30-16-21-7-9-24(31)10-8-21/h7-12,14-18,31H,13,29H2,1-6H3/b30-16+. The topological polar surface area (TPSA) is 58.6 Å². The molecule has 0 saturated heterocycles. The lowest BCUT2D eigenvalue weighted by molar-refractivity contribution is 0.475. The number of aliphatic imine (C=N–C) groups is 1. The summed E-state index contributed by atoms with van der Waals surface area (Å²) >= 11 is 0. The van der Waals surface area contributed by atoms with Crippen LogP contribution >= 0.6 is 0 Å². The molecule has 3 nitrogen and oxygen atoms in total. The number of rotatable bonds is 6. The predicted octanol–water partition coefficient (Wildman–Crippen LogP) is 7.18. The zero-order valence-corrected chi connectivity index (χ0v) is 19.5. The normalized spacial score (nSPS) is 11.7. The van der Waals surface area contributed by atoms with Crippen molar-refractivity contribution >= 4 is 17.6 Å². The van der Waals surface area contributed by atoms with Gasteiger partial charge in [-0.25, -0.2) is 0 Å². The number of aromatic hydroxyl groups is 1. The van der Waals surface area contributed by atoms with Crippen LogP contribution in [-0.4, -0.2) is 11.3 Å². The first-order valence-corrected chi connectivity index (χ1v) is 11.0. The molecular formula is C28H34N2O. The number of nitrogens with zero attached hydrogens (tertiary/aromatic N) is 1.